The van der Waals surface area contributed by atoms with E-state index in [1.165, 1.54) is 9.80 Å². The molecule has 444 valence electrons. The molecule has 22 nitrogen and oxygen atoms in total. The zero-order valence-corrected chi connectivity index (χ0v) is 47.1. The Kier molecular flexibility index (Phi) is 18.2. The standard InChI is InChI=1S/C60H62F2N9O13P/c1-34(72)70-45-25-22-40(60(61,62)85(82,83)84)30-39(45)32-47(70)55(77)66-44-23-21-37-18-12-19-38-31-48(71(52(37)38)59(44)81)56(78)65-43(24-27-49(63)73)53(75)68-51(36-15-9-7-10-16-36)57(79)64-29-11-6-4-2-3-5-8-14-35-17-13-20-41-42(35)33-69(58(41)80)46-26-28-50(74)67-54(46)76/h7,9-10,12-13,15-20,22,25,30,32,43-44,46,48,51H,2-6,11,21,23-24,26-29,31,33H2,1H3,(H2,63,73)(H,64,79)(H,65,78)(H,66,77)(H,68,75)(H,67,74,76)(H2,82,83,84)/t43-,44-,46?,48-,51-/m0/s1. The normalized spacial score (nSPS) is 18.1. The van der Waals surface area contributed by atoms with Gasteiger partial charge in [0.2, 0.25) is 47.3 Å². The number of nitrogens with two attached hydrogens (primary N) is 1. The second-order valence-electron chi connectivity index (χ2n) is 21.4. The molecule has 4 aromatic carbocycles. The van der Waals surface area contributed by atoms with Crippen LogP contribution in [-0.4, -0.2) is 109 Å². The van der Waals surface area contributed by atoms with Crippen LogP contribution in [0.5, 0.6) is 0 Å². The van der Waals surface area contributed by atoms with Crippen molar-refractivity contribution >= 4 is 83.3 Å². The van der Waals surface area contributed by atoms with Crippen LogP contribution in [0, 0.1) is 11.8 Å². The van der Waals surface area contributed by atoms with Gasteiger partial charge in [0.1, 0.15) is 35.9 Å². The lowest BCUT2D eigenvalue weighted by Gasteiger charge is -2.29. The molecule has 1 aromatic heterocycles. The SMILES string of the molecule is CC(=O)n1c(C(=O)N[C@H]2CCc3cccc4c3N(C2=O)[C@H](C(=O)N[C@@H](CCC(N)=O)C(=O)N[C@H](C(=O)NCCCCCCCC#Cc2cccc3c2CN(C2CCC(=O)NC2=O)C3=O)c2ccccc2)C4)cc2cc(C(F)(F)P(=O)(O)O)ccc21. The number of halogens is 2. The van der Waals surface area contributed by atoms with Crippen LogP contribution >= 0.6 is 7.60 Å². The smallest absolute Gasteiger partial charge is 0.370 e. The van der Waals surface area contributed by atoms with Crippen molar-refractivity contribution in [1.29, 1.82) is 0 Å². The Morgan fingerprint density at radius 3 is 2.31 bits per heavy atom. The summed E-state index contributed by atoms with van der Waals surface area (Å²) in [7, 11) is -5.98. The predicted octanol–water partition coefficient (Wildman–Crippen LogP) is 4.41. The van der Waals surface area contributed by atoms with E-state index in [2.05, 4.69) is 38.4 Å². The lowest BCUT2D eigenvalue weighted by Crippen LogP contribution is -2.58. The van der Waals surface area contributed by atoms with Gasteiger partial charge in [-0.05, 0) is 91.1 Å². The fraction of sp³-hybridized carbons (Fsp3) is 0.367. The van der Waals surface area contributed by atoms with Gasteiger partial charge < -0.3 is 41.7 Å². The molecule has 9 rings (SSSR count). The largest absolute Gasteiger partial charge is 0.399 e. The van der Waals surface area contributed by atoms with Gasteiger partial charge in [-0.15, -0.1) is 0 Å². The number of anilines is 1. The highest BCUT2D eigenvalue weighted by Gasteiger charge is 2.51. The first-order valence-corrected chi connectivity index (χ1v) is 29.5. The van der Waals surface area contributed by atoms with Gasteiger partial charge in [-0.2, -0.15) is 8.78 Å². The average molecular weight is 1190 g/mol. The first kappa shape index (κ1) is 60.7. The van der Waals surface area contributed by atoms with Crippen molar-refractivity contribution in [3.8, 4) is 11.8 Å². The highest BCUT2D eigenvalue weighted by Crippen LogP contribution is 2.59. The maximum Gasteiger partial charge on any atom is 0.399 e. The van der Waals surface area contributed by atoms with Crippen molar-refractivity contribution in [2.75, 3.05) is 11.4 Å². The fourth-order valence-electron chi connectivity index (χ4n) is 11.3. The molecule has 5 aromatic rings. The van der Waals surface area contributed by atoms with Gasteiger partial charge in [-0.25, -0.2) is 0 Å². The van der Waals surface area contributed by atoms with E-state index in [0.29, 0.717) is 46.3 Å². The van der Waals surface area contributed by atoms with E-state index in [-0.39, 0.29) is 86.4 Å². The number of carbonyl (C=O) groups is 10. The number of primary amides is 1. The van der Waals surface area contributed by atoms with E-state index in [9.17, 15) is 71.1 Å². The highest BCUT2D eigenvalue weighted by molar-refractivity contribution is 7.52. The van der Waals surface area contributed by atoms with Crippen molar-refractivity contribution in [2.45, 2.75) is 133 Å². The van der Waals surface area contributed by atoms with Crippen LogP contribution < -0.4 is 37.2 Å². The minimum absolute atomic E-state index is 0.00933. The number of hydrogen-bond acceptors (Lipinski definition) is 11. The molecule has 1 saturated heterocycles. The number of aromatic nitrogens is 1. The number of imide groups is 1. The number of benzene rings is 4. The van der Waals surface area contributed by atoms with Crippen LogP contribution in [0.2, 0.25) is 0 Å². The summed E-state index contributed by atoms with van der Waals surface area (Å²) in [5, 5.41) is 13.2. The zero-order valence-electron chi connectivity index (χ0n) is 46.2. The van der Waals surface area contributed by atoms with E-state index in [1.54, 1.807) is 60.7 Å². The monoisotopic (exact) mass is 1190 g/mol. The Bertz CT molecular complexity index is 3670. The van der Waals surface area contributed by atoms with Gasteiger partial charge in [-0.1, -0.05) is 91.8 Å². The maximum atomic E-state index is 14.7. The van der Waals surface area contributed by atoms with Crippen LogP contribution in [0.15, 0.2) is 91.0 Å². The Balaban J connectivity index is 0.811. The first-order chi connectivity index (χ1) is 40.5. The van der Waals surface area contributed by atoms with Crippen molar-refractivity contribution in [1.82, 2.24) is 36.1 Å². The quantitative estimate of drug-likeness (QED) is 0.0219. The summed E-state index contributed by atoms with van der Waals surface area (Å²) >= 11 is 0. The predicted molar refractivity (Wildman–Crippen MR) is 303 cm³/mol. The number of nitrogens with zero attached hydrogens (tertiary/aromatic N) is 3. The molecular weight excluding hydrogens is 1120 g/mol. The van der Waals surface area contributed by atoms with Crippen molar-refractivity contribution in [2.24, 2.45) is 5.73 Å². The van der Waals surface area contributed by atoms with Gasteiger partial charge in [-0.3, -0.25) is 67.3 Å². The number of amides is 9. The molecule has 1 unspecified atom stereocenters. The second-order valence-corrected chi connectivity index (χ2v) is 23.1. The molecular formula is C60H62F2N9O13P. The lowest BCUT2D eigenvalue weighted by atomic mass is 10.0. The Labute approximate surface area is 486 Å². The molecule has 4 aliphatic heterocycles. The first-order valence-electron chi connectivity index (χ1n) is 27.9. The summed E-state index contributed by atoms with van der Waals surface area (Å²) in [5.41, 5.74) is 3.53. The molecule has 0 spiro atoms. The lowest BCUT2D eigenvalue weighted by molar-refractivity contribution is -0.137. The van der Waals surface area contributed by atoms with Crippen molar-refractivity contribution in [3.05, 3.63) is 136 Å². The number of fused-ring (bicyclic) bond motifs is 2. The number of nitrogens with one attached hydrogen (secondary N) is 5. The maximum absolute atomic E-state index is 14.7. The number of piperidine rings is 1. The minimum atomic E-state index is -5.98. The summed E-state index contributed by atoms with van der Waals surface area (Å²) < 4.78 is 42.0. The highest BCUT2D eigenvalue weighted by atomic mass is 31.2. The molecule has 0 bridgehead atoms. The third-order valence-electron chi connectivity index (χ3n) is 15.7. The third-order valence-corrected chi connectivity index (χ3v) is 16.6. The van der Waals surface area contributed by atoms with Crippen molar-refractivity contribution < 1.29 is 71.1 Å². The van der Waals surface area contributed by atoms with Crippen LogP contribution in [0.4, 0.5) is 14.5 Å². The van der Waals surface area contributed by atoms with Gasteiger partial charge in [0.05, 0.1) is 11.2 Å². The summed E-state index contributed by atoms with van der Waals surface area (Å²) in [5.74, 6) is -0.112. The molecule has 0 saturated carbocycles. The Hall–Kier alpha value is -8.91. The van der Waals surface area contributed by atoms with Crippen molar-refractivity contribution in [3.63, 3.8) is 0 Å². The molecule has 0 aliphatic carbocycles. The second kappa shape index (κ2) is 25.5. The van der Waals surface area contributed by atoms with E-state index < -0.39 is 96.3 Å². The number of alkyl halides is 2. The molecule has 9 N–H and O–H groups in total. The number of carbonyl (C=O) groups excluding carboxylic acids is 10. The topological polar surface area (TPSA) is 326 Å². The van der Waals surface area contributed by atoms with E-state index >= 15 is 0 Å². The minimum Gasteiger partial charge on any atom is -0.370 e. The molecule has 9 amide bonds. The summed E-state index contributed by atoms with van der Waals surface area (Å²) in [6.07, 6.45) is 4.48. The zero-order chi connectivity index (χ0) is 60.9. The molecule has 25 heteroatoms. The molecule has 5 heterocycles. The van der Waals surface area contributed by atoms with Gasteiger partial charge >= 0.3 is 13.3 Å². The number of unbranched alkanes of at least 4 members (excludes halogenated alkanes) is 5. The van der Waals surface area contributed by atoms with Crippen LogP contribution in [0.1, 0.15) is 143 Å². The van der Waals surface area contributed by atoms with Gasteiger partial charge in [0, 0.05) is 67.8 Å². The number of hydrogen-bond donors (Lipinski definition) is 8. The third kappa shape index (κ3) is 13.1. The van der Waals surface area contributed by atoms with E-state index in [1.807, 2.05) is 6.07 Å². The summed E-state index contributed by atoms with van der Waals surface area (Å²) in [6, 6.07) is 16.5. The number of aryl methyl sites for hydroxylation is 1. The number of para-hydroxylation sites is 1. The van der Waals surface area contributed by atoms with Crippen LogP contribution in [0.3, 0.4) is 0 Å². The molecule has 0 radical (unpaired) electrons. The Morgan fingerprint density at radius 1 is 0.847 bits per heavy atom. The summed E-state index contributed by atoms with van der Waals surface area (Å²) in [6.45, 7) is 1.60. The molecule has 4 aliphatic rings. The van der Waals surface area contributed by atoms with Gasteiger partial charge in [0.15, 0.2) is 0 Å². The van der Waals surface area contributed by atoms with Crippen LogP contribution in [-0.2, 0) is 63.2 Å². The van der Waals surface area contributed by atoms with Crippen LogP contribution in [0.25, 0.3) is 10.9 Å². The fourth-order valence-corrected chi connectivity index (χ4v) is 11.8. The molecule has 1 fully saturated rings. The van der Waals surface area contributed by atoms with E-state index in [0.717, 1.165) is 67.0 Å². The van der Waals surface area contributed by atoms with Gasteiger partial charge in [0.25, 0.3) is 11.8 Å². The summed E-state index contributed by atoms with van der Waals surface area (Å²) in [4.78, 5) is 156. The molecule has 85 heavy (non-hydrogen) atoms. The average Bonchev–Trinajstić information content (AvgIpc) is 2.12. The van der Waals surface area contributed by atoms with E-state index in [4.69, 9.17) is 5.73 Å². The molecule has 5 atom stereocenters. The Morgan fingerprint density at radius 2 is 1.58 bits per heavy atom. The number of rotatable bonds is 21.